The number of sulfonamides is 1. The SMILES string of the molecule is CCc1nc(CN(C)S(=O)(=O)c2cnn(C)c2)no1. The van der Waals surface area contributed by atoms with Crippen molar-refractivity contribution in [1.29, 1.82) is 0 Å². The Morgan fingerprint density at radius 3 is 2.74 bits per heavy atom. The highest BCUT2D eigenvalue weighted by Gasteiger charge is 2.24. The summed E-state index contributed by atoms with van der Waals surface area (Å²) in [5.41, 5.74) is 0. The maximum absolute atomic E-state index is 12.2. The molecule has 104 valence electrons. The maximum atomic E-state index is 12.2. The van der Waals surface area contributed by atoms with Crippen molar-refractivity contribution in [2.75, 3.05) is 7.05 Å². The second kappa shape index (κ2) is 5.10. The van der Waals surface area contributed by atoms with E-state index >= 15 is 0 Å². The Morgan fingerprint density at radius 1 is 1.47 bits per heavy atom. The Morgan fingerprint density at radius 2 is 2.21 bits per heavy atom. The van der Waals surface area contributed by atoms with Gasteiger partial charge < -0.3 is 4.52 Å². The van der Waals surface area contributed by atoms with Gasteiger partial charge in [-0.15, -0.1) is 0 Å². The van der Waals surface area contributed by atoms with E-state index in [0.717, 1.165) is 4.31 Å². The van der Waals surface area contributed by atoms with Gasteiger partial charge in [-0.1, -0.05) is 12.1 Å². The van der Waals surface area contributed by atoms with Crippen molar-refractivity contribution in [2.24, 2.45) is 7.05 Å². The van der Waals surface area contributed by atoms with Gasteiger partial charge in [0.25, 0.3) is 0 Å². The van der Waals surface area contributed by atoms with Crippen molar-refractivity contribution in [3.05, 3.63) is 24.1 Å². The molecule has 0 N–H and O–H groups in total. The summed E-state index contributed by atoms with van der Waals surface area (Å²) < 4.78 is 32.0. The first-order chi connectivity index (χ1) is 8.93. The van der Waals surface area contributed by atoms with Gasteiger partial charge in [-0.2, -0.15) is 14.4 Å². The van der Waals surface area contributed by atoms with Crippen LogP contribution < -0.4 is 0 Å². The molecular weight excluding hydrogens is 270 g/mol. The van der Waals surface area contributed by atoms with Crippen molar-refractivity contribution >= 4 is 10.0 Å². The summed E-state index contributed by atoms with van der Waals surface area (Å²) in [6, 6.07) is 0. The first kappa shape index (κ1) is 13.7. The van der Waals surface area contributed by atoms with E-state index < -0.39 is 10.0 Å². The molecule has 2 aromatic heterocycles. The Balaban J connectivity index is 2.17. The fourth-order valence-electron chi connectivity index (χ4n) is 1.49. The quantitative estimate of drug-likeness (QED) is 0.778. The molecule has 2 aromatic rings. The van der Waals surface area contributed by atoms with Crippen LogP contribution >= 0.6 is 0 Å². The van der Waals surface area contributed by atoms with Crippen LogP contribution in [0.1, 0.15) is 18.6 Å². The van der Waals surface area contributed by atoms with Gasteiger partial charge in [-0.05, 0) is 0 Å². The molecule has 9 heteroatoms. The molecule has 0 aliphatic carbocycles. The van der Waals surface area contributed by atoms with Gasteiger partial charge in [0.15, 0.2) is 5.82 Å². The third kappa shape index (κ3) is 2.82. The van der Waals surface area contributed by atoms with Crippen molar-refractivity contribution in [1.82, 2.24) is 24.2 Å². The minimum Gasteiger partial charge on any atom is -0.339 e. The molecule has 0 atom stereocenters. The minimum absolute atomic E-state index is 0.0563. The molecule has 0 fully saturated rings. The predicted molar refractivity (Wildman–Crippen MR) is 65.5 cm³/mol. The maximum Gasteiger partial charge on any atom is 0.246 e. The number of rotatable bonds is 5. The molecule has 0 radical (unpaired) electrons. The van der Waals surface area contributed by atoms with E-state index in [4.69, 9.17) is 4.52 Å². The van der Waals surface area contributed by atoms with E-state index in [1.165, 1.54) is 24.1 Å². The van der Waals surface area contributed by atoms with Gasteiger partial charge in [0.1, 0.15) is 4.90 Å². The van der Waals surface area contributed by atoms with Crippen LogP contribution in [0.25, 0.3) is 0 Å². The molecular formula is C10H15N5O3S. The molecule has 2 heterocycles. The minimum atomic E-state index is -3.59. The zero-order valence-electron chi connectivity index (χ0n) is 10.9. The lowest BCUT2D eigenvalue weighted by Gasteiger charge is -2.13. The van der Waals surface area contributed by atoms with Crippen LogP contribution in [0.15, 0.2) is 21.8 Å². The van der Waals surface area contributed by atoms with Crippen molar-refractivity contribution in [3.8, 4) is 0 Å². The Labute approximate surface area is 111 Å². The van der Waals surface area contributed by atoms with Crippen molar-refractivity contribution in [3.63, 3.8) is 0 Å². The lowest BCUT2D eigenvalue weighted by atomic mass is 10.5. The molecule has 0 unspecified atom stereocenters. The highest BCUT2D eigenvalue weighted by Crippen LogP contribution is 2.14. The molecule has 0 spiro atoms. The standard InChI is InChI=1S/C10H15N5O3S/c1-4-10-12-9(13-18-10)7-15(3)19(16,17)8-5-11-14(2)6-8/h5-6H,4,7H2,1-3H3. The van der Waals surface area contributed by atoms with Crippen LogP contribution in [0, 0.1) is 0 Å². The van der Waals surface area contributed by atoms with E-state index in [1.54, 1.807) is 7.05 Å². The van der Waals surface area contributed by atoms with Gasteiger partial charge >= 0.3 is 0 Å². The summed E-state index contributed by atoms with van der Waals surface area (Å²) in [4.78, 5) is 4.21. The monoisotopic (exact) mass is 285 g/mol. The van der Waals surface area contributed by atoms with E-state index in [1.807, 2.05) is 6.92 Å². The van der Waals surface area contributed by atoms with E-state index in [9.17, 15) is 8.42 Å². The van der Waals surface area contributed by atoms with Gasteiger partial charge in [0.05, 0.1) is 12.7 Å². The Kier molecular flexibility index (Phi) is 3.67. The largest absolute Gasteiger partial charge is 0.339 e. The summed E-state index contributed by atoms with van der Waals surface area (Å²) in [6.45, 7) is 1.94. The molecule has 0 aliphatic heterocycles. The molecule has 2 rings (SSSR count). The lowest BCUT2D eigenvalue weighted by Crippen LogP contribution is -2.26. The van der Waals surface area contributed by atoms with Gasteiger partial charge in [-0.25, -0.2) is 8.42 Å². The van der Waals surface area contributed by atoms with E-state index in [2.05, 4.69) is 15.2 Å². The normalized spacial score (nSPS) is 12.2. The van der Waals surface area contributed by atoms with Crippen LogP contribution in [0.2, 0.25) is 0 Å². The highest BCUT2D eigenvalue weighted by atomic mass is 32.2. The van der Waals surface area contributed by atoms with Crippen LogP contribution in [-0.4, -0.2) is 39.7 Å². The second-order valence-electron chi connectivity index (χ2n) is 4.07. The average Bonchev–Trinajstić information content (AvgIpc) is 2.98. The third-order valence-corrected chi connectivity index (χ3v) is 4.32. The Hall–Kier alpha value is -1.74. The van der Waals surface area contributed by atoms with Crippen LogP contribution in [0.3, 0.4) is 0 Å². The van der Waals surface area contributed by atoms with Crippen molar-refractivity contribution in [2.45, 2.75) is 24.8 Å². The topological polar surface area (TPSA) is 94.1 Å². The van der Waals surface area contributed by atoms with E-state index in [-0.39, 0.29) is 11.4 Å². The first-order valence-electron chi connectivity index (χ1n) is 5.70. The molecule has 0 amide bonds. The van der Waals surface area contributed by atoms with Crippen LogP contribution in [0.5, 0.6) is 0 Å². The number of nitrogens with zero attached hydrogens (tertiary/aromatic N) is 5. The summed E-state index contributed by atoms with van der Waals surface area (Å²) in [5, 5.41) is 7.58. The average molecular weight is 285 g/mol. The number of aromatic nitrogens is 4. The molecule has 0 saturated carbocycles. The molecule has 19 heavy (non-hydrogen) atoms. The first-order valence-corrected chi connectivity index (χ1v) is 7.14. The van der Waals surface area contributed by atoms with Crippen LogP contribution in [0.4, 0.5) is 0 Å². The zero-order valence-corrected chi connectivity index (χ0v) is 11.8. The summed E-state index contributed by atoms with van der Waals surface area (Å²) >= 11 is 0. The smallest absolute Gasteiger partial charge is 0.246 e. The van der Waals surface area contributed by atoms with Gasteiger partial charge in [-0.3, -0.25) is 4.68 Å². The molecule has 0 aromatic carbocycles. The fourth-order valence-corrected chi connectivity index (χ4v) is 2.61. The zero-order chi connectivity index (χ0) is 14.0. The lowest BCUT2D eigenvalue weighted by molar-refractivity contribution is 0.368. The Bertz CT molecular complexity index is 660. The second-order valence-corrected chi connectivity index (χ2v) is 6.11. The predicted octanol–water partition coefficient (Wildman–Crippen LogP) is 0.186. The molecule has 0 bridgehead atoms. The molecule has 8 nitrogen and oxygen atoms in total. The summed E-state index contributed by atoms with van der Waals surface area (Å²) in [5.74, 6) is 0.828. The number of hydrogen-bond donors (Lipinski definition) is 0. The summed E-state index contributed by atoms with van der Waals surface area (Å²) in [7, 11) is -0.464. The van der Waals surface area contributed by atoms with E-state index in [0.29, 0.717) is 18.1 Å². The van der Waals surface area contributed by atoms with Gasteiger partial charge in [0.2, 0.25) is 15.9 Å². The summed E-state index contributed by atoms with van der Waals surface area (Å²) in [6.07, 6.45) is 3.37. The van der Waals surface area contributed by atoms with Crippen LogP contribution in [-0.2, 0) is 30.0 Å². The molecule has 0 aliphatic rings. The van der Waals surface area contributed by atoms with Crippen molar-refractivity contribution < 1.29 is 12.9 Å². The number of hydrogen-bond acceptors (Lipinski definition) is 6. The van der Waals surface area contributed by atoms with Gasteiger partial charge in [0, 0.05) is 26.7 Å². The third-order valence-electron chi connectivity index (χ3n) is 2.57. The highest BCUT2D eigenvalue weighted by molar-refractivity contribution is 7.89. The number of aryl methyl sites for hydroxylation is 2. The fraction of sp³-hybridized carbons (Fsp3) is 0.500. The molecule has 0 saturated heterocycles.